The number of carbonyl (C=O) groups excluding carboxylic acids is 2. The van der Waals surface area contributed by atoms with Gasteiger partial charge in [0.25, 0.3) is 0 Å². The summed E-state index contributed by atoms with van der Waals surface area (Å²) in [6.07, 6.45) is 0. The third-order valence-electron chi connectivity index (χ3n) is 4.52. The maximum absolute atomic E-state index is 12.8. The van der Waals surface area contributed by atoms with Crippen LogP contribution >= 0.6 is 0 Å². The van der Waals surface area contributed by atoms with E-state index in [0.717, 1.165) is 16.7 Å². The smallest absolute Gasteiger partial charge is 0.344 e. The minimum Gasteiger partial charge on any atom is -0.422 e. The summed E-state index contributed by atoms with van der Waals surface area (Å²) in [6.45, 7) is 8.73. The summed E-state index contributed by atoms with van der Waals surface area (Å²) < 4.78 is 10.8. The van der Waals surface area contributed by atoms with Crippen LogP contribution in [0.1, 0.15) is 49.9 Å². The van der Waals surface area contributed by atoms with Crippen LogP contribution < -0.4 is 10.4 Å². The first kappa shape index (κ1) is 18.6. The van der Waals surface area contributed by atoms with Crippen LogP contribution in [0.5, 0.6) is 5.75 Å². The molecule has 0 saturated heterocycles. The van der Waals surface area contributed by atoms with Gasteiger partial charge in [0.05, 0.1) is 5.56 Å². The normalized spacial score (nSPS) is 10.9. The summed E-state index contributed by atoms with van der Waals surface area (Å²) in [4.78, 5) is 36.8. The van der Waals surface area contributed by atoms with Crippen molar-refractivity contribution in [1.82, 2.24) is 0 Å². The molecule has 2 aromatic carbocycles. The van der Waals surface area contributed by atoms with Crippen LogP contribution in [0.3, 0.4) is 0 Å². The molecule has 5 heteroatoms. The number of hydrogen-bond donors (Lipinski definition) is 0. The summed E-state index contributed by atoms with van der Waals surface area (Å²) in [6, 6.07) is 8.40. The van der Waals surface area contributed by atoms with Crippen LogP contribution in [-0.2, 0) is 0 Å². The van der Waals surface area contributed by atoms with Crippen LogP contribution in [0.4, 0.5) is 0 Å². The predicted molar refractivity (Wildman–Crippen MR) is 103 cm³/mol. The Morgan fingerprint density at radius 1 is 0.889 bits per heavy atom. The Labute approximate surface area is 156 Å². The minimum absolute atomic E-state index is 0.0770. The lowest BCUT2D eigenvalue weighted by Gasteiger charge is -2.14. The largest absolute Gasteiger partial charge is 0.422 e. The summed E-state index contributed by atoms with van der Waals surface area (Å²) >= 11 is 0. The average Bonchev–Trinajstić information content (AvgIpc) is 2.52. The molecule has 0 aliphatic carbocycles. The summed E-state index contributed by atoms with van der Waals surface area (Å²) in [5, 5.41) is 0.627. The van der Waals surface area contributed by atoms with E-state index in [1.54, 1.807) is 19.1 Å². The molecule has 5 nitrogen and oxygen atoms in total. The molecule has 0 aliphatic rings. The monoisotopic (exact) mass is 364 g/mol. The van der Waals surface area contributed by atoms with E-state index >= 15 is 0 Å². The van der Waals surface area contributed by atoms with Crippen molar-refractivity contribution >= 4 is 22.7 Å². The number of rotatable bonds is 3. The Kier molecular flexibility index (Phi) is 4.70. The van der Waals surface area contributed by atoms with Gasteiger partial charge in [0.1, 0.15) is 11.3 Å². The summed E-state index contributed by atoms with van der Waals surface area (Å²) in [7, 11) is 0. The summed E-state index contributed by atoms with van der Waals surface area (Å²) in [5.74, 6) is -0.829. The lowest BCUT2D eigenvalue weighted by molar-refractivity contribution is 0.0731. The van der Waals surface area contributed by atoms with Crippen molar-refractivity contribution in [2.24, 2.45) is 0 Å². The number of ether oxygens (including phenoxy) is 1. The number of ketones is 1. The van der Waals surface area contributed by atoms with Gasteiger partial charge in [-0.1, -0.05) is 17.7 Å². The van der Waals surface area contributed by atoms with Gasteiger partial charge >= 0.3 is 11.6 Å². The minimum atomic E-state index is -0.559. The van der Waals surface area contributed by atoms with Crippen molar-refractivity contribution in [2.75, 3.05) is 0 Å². The van der Waals surface area contributed by atoms with Crippen molar-refractivity contribution in [3.63, 3.8) is 0 Å². The molecule has 1 heterocycles. The van der Waals surface area contributed by atoms with Gasteiger partial charge in [-0.05, 0) is 63.4 Å². The third-order valence-corrected chi connectivity index (χ3v) is 4.52. The Morgan fingerprint density at radius 3 is 2.11 bits per heavy atom. The first-order chi connectivity index (χ1) is 12.7. The molecule has 0 fully saturated rings. The highest BCUT2D eigenvalue weighted by Crippen LogP contribution is 2.30. The topological polar surface area (TPSA) is 73.6 Å². The molecule has 0 aliphatic heterocycles. The van der Waals surface area contributed by atoms with Crippen LogP contribution in [0.25, 0.3) is 11.0 Å². The molecule has 27 heavy (non-hydrogen) atoms. The average molecular weight is 364 g/mol. The Morgan fingerprint density at radius 2 is 1.52 bits per heavy atom. The highest BCUT2D eigenvalue weighted by molar-refractivity contribution is 6.08. The Balaban J connectivity index is 2.15. The molecule has 0 N–H and O–H groups in total. The van der Waals surface area contributed by atoms with Crippen LogP contribution in [-0.4, -0.2) is 11.8 Å². The number of fused-ring (bicyclic) bond motifs is 1. The molecule has 0 spiro atoms. The molecule has 0 atom stereocenters. The van der Waals surface area contributed by atoms with E-state index in [1.165, 1.54) is 13.0 Å². The van der Waals surface area contributed by atoms with Gasteiger partial charge in [-0.15, -0.1) is 0 Å². The number of Topliss-reactive ketones (excluding diaryl/α,β-unsaturated/α-hetero) is 1. The molecule has 1 aromatic heterocycles. The number of esters is 1. The molecule has 0 unspecified atom stereocenters. The number of benzene rings is 2. The van der Waals surface area contributed by atoms with Crippen molar-refractivity contribution < 1.29 is 18.7 Å². The fourth-order valence-corrected chi connectivity index (χ4v) is 3.44. The van der Waals surface area contributed by atoms with Gasteiger partial charge in [-0.2, -0.15) is 0 Å². The maximum atomic E-state index is 12.8. The fourth-order valence-electron chi connectivity index (χ4n) is 3.44. The summed E-state index contributed by atoms with van der Waals surface area (Å²) in [5.41, 5.74) is 3.45. The zero-order valence-corrected chi connectivity index (χ0v) is 15.9. The number of carbonyl (C=O) groups is 2. The van der Waals surface area contributed by atoms with Crippen molar-refractivity contribution in [2.45, 2.75) is 34.6 Å². The SMILES string of the molecule is CC(=O)c1c(OC(=O)c2c(C)cc(C)cc2C)ccc2c(C)cc(=O)oc12. The van der Waals surface area contributed by atoms with Crippen LogP contribution in [0.15, 0.2) is 39.5 Å². The zero-order chi connectivity index (χ0) is 19.9. The van der Waals surface area contributed by atoms with Crippen molar-refractivity contribution in [3.05, 3.63) is 74.1 Å². The van der Waals surface area contributed by atoms with Gasteiger partial charge in [0.2, 0.25) is 0 Å². The molecular weight excluding hydrogens is 344 g/mol. The predicted octanol–water partition coefficient (Wildman–Crippen LogP) is 4.45. The first-order valence-electron chi connectivity index (χ1n) is 8.57. The molecule has 138 valence electrons. The van der Waals surface area contributed by atoms with Gasteiger partial charge in [-0.3, -0.25) is 4.79 Å². The second-order valence-electron chi connectivity index (χ2n) is 6.78. The first-order valence-corrected chi connectivity index (χ1v) is 8.57. The van der Waals surface area contributed by atoms with E-state index in [4.69, 9.17) is 9.15 Å². The van der Waals surface area contributed by atoms with Crippen molar-refractivity contribution in [3.8, 4) is 5.75 Å². The van der Waals surface area contributed by atoms with E-state index in [0.29, 0.717) is 16.5 Å². The van der Waals surface area contributed by atoms with Gasteiger partial charge < -0.3 is 9.15 Å². The highest BCUT2D eigenvalue weighted by Gasteiger charge is 2.22. The maximum Gasteiger partial charge on any atom is 0.344 e. The van der Waals surface area contributed by atoms with Crippen LogP contribution in [0, 0.1) is 27.7 Å². The molecule has 3 aromatic rings. The van der Waals surface area contributed by atoms with Gasteiger partial charge in [0, 0.05) is 11.5 Å². The van der Waals surface area contributed by atoms with Gasteiger partial charge in [-0.25, -0.2) is 9.59 Å². The lowest BCUT2D eigenvalue weighted by Crippen LogP contribution is -2.15. The standard InChI is InChI=1S/C22H20O5/c1-11-8-13(3)19(14(4)9-11)22(25)26-17-7-6-16-12(2)10-18(24)27-21(16)20(17)15(5)23/h6-10H,1-5H3. The van der Waals surface area contributed by atoms with Crippen LogP contribution in [0.2, 0.25) is 0 Å². The zero-order valence-electron chi connectivity index (χ0n) is 15.9. The third kappa shape index (κ3) is 3.40. The van der Waals surface area contributed by atoms with E-state index in [-0.39, 0.29) is 22.7 Å². The van der Waals surface area contributed by atoms with E-state index in [2.05, 4.69) is 0 Å². The van der Waals surface area contributed by atoms with E-state index in [1.807, 2.05) is 32.9 Å². The van der Waals surface area contributed by atoms with E-state index < -0.39 is 11.6 Å². The van der Waals surface area contributed by atoms with Gasteiger partial charge in [0.15, 0.2) is 11.4 Å². The Bertz CT molecular complexity index is 1130. The molecule has 0 amide bonds. The number of aryl methyl sites for hydroxylation is 4. The lowest BCUT2D eigenvalue weighted by atomic mass is 10.00. The number of hydrogen-bond acceptors (Lipinski definition) is 5. The fraction of sp³-hybridized carbons (Fsp3) is 0.227. The molecule has 0 bridgehead atoms. The van der Waals surface area contributed by atoms with E-state index in [9.17, 15) is 14.4 Å². The molecule has 3 rings (SSSR count). The molecule has 0 radical (unpaired) electrons. The highest BCUT2D eigenvalue weighted by atomic mass is 16.5. The second-order valence-corrected chi connectivity index (χ2v) is 6.78. The molecule has 0 saturated carbocycles. The van der Waals surface area contributed by atoms with Crippen molar-refractivity contribution in [1.29, 1.82) is 0 Å². The molecular formula is C22H20O5. The Hall–Kier alpha value is -3.21. The quantitative estimate of drug-likeness (QED) is 0.297. The second kappa shape index (κ2) is 6.83.